The van der Waals surface area contributed by atoms with Crippen LogP contribution in [0.2, 0.25) is 0 Å². The highest BCUT2D eigenvalue weighted by atomic mass is 16.5. The molecule has 1 saturated carbocycles. The molecule has 1 aliphatic carbocycles. The van der Waals surface area contributed by atoms with E-state index in [2.05, 4.69) is 5.32 Å². The quantitative estimate of drug-likeness (QED) is 0.615. The predicted octanol–water partition coefficient (Wildman–Crippen LogP) is -0.525. The Balaban J connectivity index is 2.08. The molecule has 6 nitrogen and oxygen atoms in total. The van der Waals surface area contributed by atoms with E-state index in [-0.39, 0.29) is 19.1 Å². The van der Waals surface area contributed by atoms with Crippen molar-refractivity contribution < 1.29 is 19.4 Å². The summed E-state index contributed by atoms with van der Waals surface area (Å²) in [5.41, 5.74) is 3.82. The van der Waals surface area contributed by atoms with Crippen molar-refractivity contribution in [3.05, 3.63) is 0 Å². The van der Waals surface area contributed by atoms with Crippen LogP contribution in [0, 0.1) is 5.41 Å². The molecule has 17 heavy (non-hydrogen) atoms. The summed E-state index contributed by atoms with van der Waals surface area (Å²) in [4.78, 5) is 23.4. The van der Waals surface area contributed by atoms with Gasteiger partial charge in [-0.05, 0) is 12.8 Å². The van der Waals surface area contributed by atoms with Crippen LogP contribution in [0.1, 0.15) is 25.7 Å². The highest BCUT2D eigenvalue weighted by Crippen LogP contribution is 2.40. The van der Waals surface area contributed by atoms with Gasteiger partial charge in [0.05, 0.1) is 12.0 Å². The van der Waals surface area contributed by atoms with Crippen LogP contribution in [-0.4, -0.2) is 42.3 Å². The molecular weight excluding hydrogens is 224 g/mol. The van der Waals surface area contributed by atoms with E-state index in [0.717, 1.165) is 19.3 Å². The topological polar surface area (TPSA) is 102 Å². The van der Waals surface area contributed by atoms with Gasteiger partial charge >= 0.3 is 5.97 Å². The van der Waals surface area contributed by atoms with Crippen LogP contribution in [0.4, 0.5) is 0 Å². The van der Waals surface area contributed by atoms with Crippen LogP contribution in [0.3, 0.4) is 0 Å². The van der Waals surface area contributed by atoms with Crippen LogP contribution in [0.25, 0.3) is 0 Å². The van der Waals surface area contributed by atoms with Gasteiger partial charge in [0.1, 0.15) is 0 Å². The summed E-state index contributed by atoms with van der Waals surface area (Å²) in [5.74, 6) is -1.27. The van der Waals surface area contributed by atoms with Crippen molar-refractivity contribution in [3.63, 3.8) is 0 Å². The summed E-state index contributed by atoms with van der Waals surface area (Å²) in [5, 5.41) is 11.9. The molecule has 2 aliphatic rings. The summed E-state index contributed by atoms with van der Waals surface area (Å²) < 4.78 is 5.09. The fraction of sp³-hybridized carbons (Fsp3) is 0.818. The van der Waals surface area contributed by atoms with Gasteiger partial charge in [0.2, 0.25) is 5.91 Å². The molecular formula is C11H18N2O4. The van der Waals surface area contributed by atoms with Crippen molar-refractivity contribution in [2.45, 2.75) is 31.2 Å². The maximum absolute atomic E-state index is 12.1. The Morgan fingerprint density at radius 2 is 2.06 bits per heavy atom. The Kier molecular flexibility index (Phi) is 3.09. The van der Waals surface area contributed by atoms with Gasteiger partial charge in [-0.2, -0.15) is 0 Å². The summed E-state index contributed by atoms with van der Waals surface area (Å²) in [6, 6.07) is 0. The van der Waals surface area contributed by atoms with E-state index >= 15 is 0 Å². The van der Waals surface area contributed by atoms with Crippen molar-refractivity contribution >= 4 is 11.9 Å². The minimum atomic E-state index is -1.26. The van der Waals surface area contributed by atoms with Gasteiger partial charge in [-0.1, -0.05) is 6.42 Å². The Labute approximate surface area is 99.5 Å². The second-order valence-electron chi connectivity index (χ2n) is 4.98. The first-order valence-corrected chi connectivity index (χ1v) is 5.89. The number of carbonyl (C=O) groups excluding carboxylic acids is 1. The lowest BCUT2D eigenvalue weighted by molar-refractivity contribution is -0.151. The summed E-state index contributed by atoms with van der Waals surface area (Å²) >= 11 is 0. The van der Waals surface area contributed by atoms with Gasteiger partial charge in [0.25, 0.3) is 0 Å². The van der Waals surface area contributed by atoms with Crippen molar-refractivity contribution in [2.75, 3.05) is 19.8 Å². The maximum Gasteiger partial charge on any atom is 0.331 e. The lowest BCUT2D eigenvalue weighted by Crippen LogP contribution is -2.61. The first-order valence-electron chi connectivity index (χ1n) is 5.89. The minimum Gasteiger partial charge on any atom is -0.479 e. The number of amides is 1. The fourth-order valence-electron chi connectivity index (χ4n) is 2.36. The number of rotatable bonds is 4. The molecule has 6 heteroatoms. The molecule has 1 heterocycles. The van der Waals surface area contributed by atoms with Crippen LogP contribution < -0.4 is 11.1 Å². The lowest BCUT2D eigenvalue weighted by Gasteiger charge is -2.41. The summed E-state index contributed by atoms with van der Waals surface area (Å²) in [6.45, 7) is 0.673. The van der Waals surface area contributed by atoms with Crippen LogP contribution in [0.5, 0.6) is 0 Å². The van der Waals surface area contributed by atoms with Gasteiger partial charge in [-0.15, -0.1) is 0 Å². The highest BCUT2D eigenvalue weighted by Gasteiger charge is 2.50. The SMILES string of the molecule is NCC1(C(=O)NC2(C(=O)O)CCOC2)CCC1. The number of nitrogens with one attached hydrogen (secondary N) is 1. The molecule has 0 aromatic heterocycles. The number of hydrogen-bond donors (Lipinski definition) is 3. The third-order valence-electron chi connectivity index (χ3n) is 3.97. The summed E-state index contributed by atoms with van der Waals surface area (Å²) in [7, 11) is 0. The first-order chi connectivity index (χ1) is 8.05. The Hall–Kier alpha value is -1.14. The van der Waals surface area contributed by atoms with Crippen LogP contribution in [-0.2, 0) is 14.3 Å². The van der Waals surface area contributed by atoms with Crippen LogP contribution >= 0.6 is 0 Å². The molecule has 0 radical (unpaired) electrons. The second-order valence-corrected chi connectivity index (χ2v) is 4.98. The zero-order chi connectivity index (χ0) is 12.5. The lowest BCUT2D eigenvalue weighted by atomic mass is 9.67. The molecule has 1 aliphatic heterocycles. The number of ether oxygens (including phenoxy) is 1. The van der Waals surface area contributed by atoms with Gasteiger partial charge in [0.15, 0.2) is 5.54 Å². The van der Waals surface area contributed by atoms with E-state index in [1.807, 2.05) is 0 Å². The summed E-state index contributed by atoms with van der Waals surface area (Å²) in [6.07, 6.45) is 2.77. The fourth-order valence-corrected chi connectivity index (χ4v) is 2.36. The van der Waals surface area contributed by atoms with E-state index in [1.165, 1.54) is 0 Å². The maximum atomic E-state index is 12.1. The van der Waals surface area contributed by atoms with Crippen LogP contribution in [0.15, 0.2) is 0 Å². The molecule has 0 spiro atoms. The van der Waals surface area contributed by atoms with Crippen molar-refractivity contribution in [1.29, 1.82) is 0 Å². The average Bonchev–Trinajstić information content (AvgIpc) is 2.66. The standard InChI is InChI=1S/C11H18N2O4/c12-6-10(2-1-3-10)8(14)13-11(9(15)16)4-5-17-7-11/h1-7,12H2,(H,13,14)(H,15,16). The molecule has 1 atom stereocenters. The number of carbonyl (C=O) groups is 2. The van der Waals surface area contributed by atoms with E-state index in [0.29, 0.717) is 13.0 Å². The van der Waals surface area contributed by atoms with Crippen molar-refractivity contribution in [1.82, 2.24) is 5.32 Å². The smallest absolute Gasteiger partial charge is 0.331 e. The van der Waals surface area contributed by atoms with Gasteiger partial charge < -0.3 is 20.9 Å². The van der Waals surface area contributed by atoms with E-state index in [1.54, 1.807) is 0 Å². The molecule has 1 saturated heterocycles. The van der Waals surface area contributed by atoms with Gasteiger partial charge in [0, 0.05) is 19.6 Å². The molecule has 0 aromatic rings. The number of aliphatic carboxylic acids is 1. The predicted molar refractivity (Wildman–Crippen MR) is 59.3 cm³/mol. The number of carboxylic acid groups (broad SMARTS) is 1. The third-order valence-corrected chi connectivity index (χ3v) is 3.97. The molecule has 1 unspecified atom stereocenters. The number of hydrogen-bond acceptors (Lipinski definition) is 4. The highest BCUT2D eigenvalue weighted by molar-refractivity contribution is 5.91. The van der Waals surface area contributed by atoms with Crippen molar-refractivity contribution in [3.8, 4) is 0 Å². The normalized spacial score (nSPS) is 30.6. The minimum absolute atomic E-state index is 0.0364. The number of carboxylic acids is 1. The van der Waals surface area contributed by atoms with E-state index in [9.17, 15) is 14.7 Å². The van der Waals surface area contributed by atoms with E-state index < -0.39 is 16.9 Å². The Bertz CT molecular complexity index is 327. The second kappa shape index (κ2) is 4.27. The zero-order valence-electron chi connectivity index (χ0n) is 9.70. The monoisotopic (exact) mass is 242 g/mol. The molecule has 1 amide bonds. The van der Waals surface area contributed by atoms with Crippen molar-refractivity contribution in [2.24, 2.45) is 11.1 Å². The van der Waals surface area contributed by atoms with Gasteiger partial charge in [-0.3, -0.25) is 4.79 Å². The molecule has 2 fully saturated rings. The first kappa shape index (κ1) is 12.3. The molecule has 0 aromatic carbocycles. The zero-order valence-corrected chi connectivity index (χ0v) is 9.70. The Morgan fingerprint density at radius 1 is 1.35 bits per heavy atom. The molecule has 2 rings (SSSR count). The third kappa shape index (κ3) is 1.91. The van der Waals surface area contributed by atoms with E-state index in [4.69, 9.17) is 10.5 Å². The van der Waals surface area contributed by atoms with Gasteiger partial charge in [-0.25, -0.2) is 4.79 Å². The number of nitrogens with two attached hydrogens (primary N) is 1. The Morgan fingerprint density at radius 3 is 2.41 bits per heavy atom. The largest absolute Gasteiger partial charge is 0.479 e. The molecule has 0 bridgehead atoms. The average molecular weight is 242 g/mol. The molecule has 4 N–H and O–H groups in total. The molecule has 96 valence electrons.